The zero-order valence-corrected chi connectivity index (χ0v) is 5.36. The van der Waals surface area contributed by atoms with Crippen molar-refractivity contribution in [2.24, 2.45) is 0 Å². The van der Waals surface area contributed by atoms with Gasteiger partial charge in [0, 0.05) is 5.66 Å². The molecular weight excluding hydrogens is 127 g/mol. The Morgan fingerprint density at radius 2 is 2.38 bits per heavy atom. The molecule has 2 atom stereocenters. The number of hydrogen-bond acceptors (Lipinski definition) is 2. The van der Waals surface area contributed by atoms with Crippen molar-refractivity contribution in [1.82, 2.24) is 0 Å². The summed E-state index contributed by atoms with van der Waals surface area (Å²) in [7, 11) is 2.13. The van der Waals surface area contributed by atoms with Gasteiger partial charge < -0.3 is 9.90 Å². The lowest BCUT2D eigenvalue weighted by Gasteiger charge is -1.93. The molecular formula is C4H7O3P. The first-order valence-electron chi connectivity index (χ1n) is 2.09. The van der Waals surface area contributed by atoms with Gasteiger partial charge in [-0.1, -0.05) is 0 Å². The van der Waals surface area contributed by atoms with E-state index in [1.165, 1.54) is 0 Å². The number of carbonyl (C=O) groups excluding carboxylic acids is 1. The van der Waals surface area contributed by atoms with Crippen LogP contribution in [0.1, 0.15) is 6.42 Å². The van der Waals surface area contributed by atoms with Crippen LogP contribution in [0.2, 0.25) is 0 Å². The maximum atomic E-state index is 9.80. The third-order valence-corrected chi connectivity index (χ3v) is 0.978. The van der Waals surface area contributed by atoms with Gasteiger partial charge in [-0.2, -0.15) is 0 Å². The summed E-state index contributed by atoms with van der Waals surface area (Å²) in [5.41, 5.74) is -0.438. The second-order valence-electron chi connectivity index (χ2n) is 1.40. The molecule has 0 aliphatic rings. The molecule has 0 fully saturated rings. The van der Waals surface area contributed by atoms with E-state index in [0.29, 0.717) is 6.29 Å². The Bertz CT molecular complexity index is 101. The highest BCUT2D eigenvalue weighted by molar-refractivity contribution is 7.19. The minimum Gasteiger partial charge on any atom is -0.481 e. The van der Waals surface area contributed by atoms with Gasteiger partial charge >= 0.3 is 5.97 Å². The Morgan fingerprint density at radius 3 is 2.50 bits per heavy atom. The molecule has 0 saturated carbocycles. The number of hydrogen-bond donors (Lipinski definition) is 1. The van der Waals surface area contributed by atoms with E-state index in [2.05, 4.69) is 9.24 Å². The first kappa shape index (κ1) is 7.57. The van der Waals surface area contributed by atoms with Crippen LogP contribution in [0.25, 0.3) is 0 Å². The van der Waals surface area contributed by atoms with Gasteiger partial charge in [-0.25, -0.2) is 0 Å². The summed E-state index contributed by atoms with van der Waals surface area (Å²) in [6.45, 7) is 0. The zero-order chi connectivity index (χ0) is 6.57. The monoisotopic (exact) mass is 134 g/mol. The molecule has 46 valence electrons. The largest absolute Gasteiger partial charge is 0.481 e. The van der Waals surface area contributed by atoms with Crippen molar-refractivity contribution < 1.29 is 14.7 Å². The fourth-order valence-electron chi connectivity index (χ4n) is 0.250. The predicted octanol–water partition coefficient (Wildman–Crippen LogP) is -0.0963. The first-order valence-corrected chi connectivity index (χ1v) is 2.76. The lowest BCUT2D eigenvalue weighted by Crippen LogP contribution is -2.06. The van der Waals surface area contributed by atoms with Gasteiger partial charge in [0.25, 0.3) is 0 Å². The topological polar surface area (TPSA) is 54.4 Å². The highest BCUT2D eigenvalue weighted by Crippen LogP contribution is 1.99. The van der Waals surface area contributed by atoms with E-state index in [-0.39, 0.29) is 6.42 Å². The molecule has 0 aliphatic heterocycles. The summed E-state index contributed by atoms with van der Waals surface area (Å²) in [5.74, 6) is -0.947. The molecule has 0 bridgehead atoms. The number of carboxylic acids is 1. The van der Waals surface area contributed by atoms with Crippen LogP contribution in [-0.4, -0.2) is 23.0 Å². The fraction of sp³-hybridized carbons (Fsp3) is 0.500. The van der Waals surface area contributed by atoms with Crippen molar-refractivity contribution in [2.45, 2.75) is 12.1 Å². The summed E-state index contributed by atoms with van der Waals surface area (Å²) in [6, 6.07) is 0. The average Bonchev–Trinajstić information content (AvgIpc) is 1.65. The molecule has 0 amide bonds. The minimum atomic E-state index is -0.947. The van der Waals surface area contributed by atoms with Crippen LogP contribution in [0.3, 0.4) is 0 Å². The summed E-state index contributed by atoms with van der Waals surface area (Å²) in [5, 5.41) is 8.04. The molecule has 0 aliphatic carbocycles. The van der Waals surface area contributed by atoms with Gasteiger partial charge in [-0.15, -0.1) is 9.24 Å². The van der Waals surface area contributed by atoms with Crippen LogP contribution in [0.5, 0.6) is 0 Å². The maximum absolute atomic E-state index is 9.80. The number of rotatable bonds is 3. The molecule has 0 aromatic carbocycles. The van der Waals surface area contributed by atoms with E-state index in [1.807, 2.05) is 0 Å². The lowest BCUT2D eigenvalue weighted by atomic mass is 10.3. The van der Waals surface area contributed by atoms with Crippen molar-refractivity contribution in [3.63, 3.8) is 0 Å². The second kappa shape index (κ2) is 3.56. The van der Waals surface area contributed by atoms with E-state index in [9.17, 15) is 9.59 Å². The highest BCUT2D eigenvalue weighted by atomic mass is 31.0. The van der Waals surface area contributed by atoms with Crippen LogP contribution in [0.4, 0.5) is 0 Å². The van der Waals surface area contributed by atoms with E-state index >= 15 is 0 Å². The van der Waals surface area contributed by atoms with Crippen LogP contribution in [0.15, 0.2) is 0 Å². The van der Waals surface area contributed by atoms with Crippen molar-refractivity contribution in [1.29, 1.82) is 0 Å². The van der Waals surface area contributed by atoms with Gasteiger partial charge in [0.1, 0.15) is 6.29 Å². The Hall–Kier alpha value is -0.430. The van der Waals surface area contributed by atoms with E-state index in [1.54, 1.807) is 0 Å². The smallest absolute Gasteiger partial charge is 0.304 e. The summed E-state index contributed by atoms with van der Waals surface area (Å²) in [4.78, 5) is 19.6. The molecule has 0 saturated heterocycles. The molecule has 0 aromatic rings. The highest BCUT2D eigenvalue weighted by Gasteiger charge is 2.03. The van der Waals surface area contributed by atoms with Crippen molar-refractivity contribution in [3.05, 3.63) is 0 Å². The molecule has 0 aromatic heterocycles. The molecule has 4 heteroatoms. The average molecular weight is 134 g/mol. The first-order chi connectivity index (χ1) is 3.66. The minimum absolute atomic E-state index is 0.103. The molecule has 8 heavy (non-hydrogen) atoms. The van der Waals surface area contributed by atoms with Crippen LogP contribution < -0.4 is 0 Å². The Balaban J connectivity index is 3.38. The van der Waals surface area contributed by atoms with E-state index in [4.69, 9.17) is 5.11 Å². The molecule has 0 heterocycles. The summed E-state index contributed by atoms with van der Waals surface area (Å²) in [6.07, 6.45) is 0.493. The van der Waals surface area contributed by atoms with Gasteiger partial charge in [0.2, 0.25) is 0 Å². The van der Waals surface area contributed by atoms with Gasteiger partial charge in [-0.3, -0.25) is 4.79 Å². The number of aliphatic carboxylic acids is 1. The van der Waals surface area contributed by atoms with Crippen LogP contribution in [-0.2, 0) is 9.59 Å². The second-order valence-corrected chi connectivity index (χ2v) is 2.25. The number of carbonyl (C=O) groups is 2. The third-order valence-electron chi connectivity index (χ3n) is 0.585. The Kier molecular flexibility index (Phi) is 3.37. The fourth-order valence-corrected chi connectivity index (χ4v) is 0.451. The van der Waals surface area contributed by atoms with E-state index < -0.39 is 11.6 Å². The molecule has 1 N–H and O–H groups in total. The molecule has 0 radical (unpaired) electrons. The molecule has 0 spiro atoms. The Morgan fingerprint density at radius 1 is 1.88 bits per heavy atom. The molecule has 2 unspecified atom stereocenters. The van der Waals surface area contributed by atoms with Crippen molar-refractivity contribution >= 4 is 21.5 Å². The quantitative estimate of drug-likeness (QED) is 0.433. The van der Waals surface area contributed by atoms with Crippen LogP contribution in [0, 0.1) is 0 Å². The number of aldehydes is 1. The third kappa shape index (κ3) is 3.75. The van der Waals surface area contributed by atoms with Gasteiger partial charge in [0.05, 0.1) is 6.42 Å². The lowest BCUT2D eigenvalue weighted by molar-refractivity contribution is -0.137. The maximum Gasteiger partial charge on any atom is 0.304 e. The van der Waals surface area contributed by atoms with E-state index in [0.717, 1.165) is 0 Å². The van der Waals surface area contributed by atoms with Crippen molar-refractivity contribution in [2.75, 3.05) is 0 Å². The van der Waals surface area contributed by atoms with Gasteiger partial charge in [0.15, 0.2) is 0 Å². The van der Waals surface area contributed by atoms with Crippen molar-refractivity contribution in [3.8, 4) is 0 Å². The van der Waals surface area contributed by atoms with Crippen LogP contribution >= 0.6 is 9.24 Å². The molecule has 0 rings (SSSR count). The summed E-state index contributed by atoms with van der Waals surface area (Å²) < 4.78 is 0. The predicted molar refractivity (Wildman–Crippen MR) is 31.8 cm³/mol. The standard InChI is InChI=1S/C4H7O3P/c5-2-3(8)1-4(6)7/h2-3H,1,8H2,(H,6,7). The zero-order valence-electron chi connectivity index (χ0n) is 4.20. The summed E-state index contributed by atoms with van der Waals surface area (Å²) >= 11 is 0. The molecule has 3 nitrogen and oxygen atoms in total. The Labute approximate surface area is 49.3 Å². The van der Waals surface area contributed by atoms with Gasteiger partial charge in [-0.05, 0) is 0 Å². The SMILES string of the molecule is O=CC(P)CC(=O)O. The normalized spacial score (nSPS) is 12.6. The number of carboxylic acid groups (broad SMARTS) is 1.